The Morgan fingerprint density at radius 1 is 1.33 bits per heavy atom. The van der Waals surface area contributed by atoms with Crippen molar-refractivity contribution in [3.8, 4) is 5.75 Å². The van der Waals surface area contributed by atoms with Gasteiger partial charge in [0.1, 0.15) is 31.3 Å². The lowest BCUT2D eigenvalue weighted by Crippen LogP contribution is -2.22. The second kappa shape index (κ2) is 6.11. The van der Waals surface area contributed by atoms with Gasteiger partial charge in [-0.2, -0.15) is 0 Å². The van der Waals surface area contributed by atoms with Gasteiger partial charge < -0.3 is 19.0 Å². The van der Waals surface area contributed by atoms with Crippen LogP contribution in [0.15, 0.2) is 45.8 Å². The summed E-state index contributed by atoms with van der Waals surface area (Å²) in [5, 5.41) is 8.90. The molecule has 0 amide bonds. The van der Waals surface area contributed by atoms with Gasteiger partial charge in [0.05, 0.1) is 6.61 Å². The normalized spacial score (nSPS) is 17.3. The molecule has 0 spiro atoms. The summed E-state index contributed by atoms with van der Waals surface area (Å²) in [6, 6.07) is 9.29. The molecule has 1 unspecified atom stereocenters. The van der Waals surface area contributed by atoms with E-state index in [1.54, 1.807) is 0 Å². The molecule has 2 heterocycles. The van der Waals surface area contributed by atoms with Gasteiger partial charge in [0.15, 0.2) is 0 Å². The number of ether oxygens (including phenoxy) is 2. The largest absolute Gasteiger partial charge is 0.484 e. The molecule has 2 aromatic rings. The minimum Gasteiger partial charge on any atom is -0.484 e. The molecule has 5 heteroatoms. The first kappa shape index (κ1) is 13.9. The minimum atomic E-state index is -0.311. The van der Waals surface area contributed by atoms with Crippen molar-refractivity contribution in [1.82, 2.24) is 0 Å². The third kappa shape index (κ3) is 2.99. The molecule has 0 saturated heterocycles. The van der Waals surface area contributed by atoms with Crippen LogP contribution in [-0.4, -0.2) is 18.3 Å². The highest BCUT2D eigenvalue weighted by atomic mass is 16.5. The maximum Gasteiger partial charge on any atom is 0.227 e. The summed E-state index contributed by atoms with van der Waals surface area (Å²) < 4.78 is 16.3. The van der Waals surface area contributed by atoms with Crippen molar-refractivity contribution in [3.05, 3.63) is 63.7 Å². The molecule has 1 aliphatic heterocycles. The average molecular weight is 288 g/mol. The van der Waals surface area contributed by atoms with Gasteiger partial charge in [-0.15, -0.1) is 0 Å². The fourth-order valence-corrected chi connectivity index (χ4v) is 2.41. The van der Waals surface area contributed by atoms with E-state index in [0.29, 0.717) is 6.61 Å². The molecule has 5 nitrogen and oxygen atoms in total. The standard InChI is InChI=1S/C16H16O5/c17-8-12-7-14(18)16(10-20-12)21-9-15-13-4-2-1-3-11(13)5-6-19-15/h1-4,7,10,15,17H,5-6,8-9H2. The molecule has 1 aromatic carbocycles. The van der Waals surface area contributed by atoms with Crippen molar-refractivity contribution in [2.75, 3.05) is 13.2 Å². The molecule has 21 heavy (non-hydrogen) atoms. The second-order valence-electron chi connectivity index (χ2n) is 4.85. The Bertz CT molecular complexity index is 676. The monoisotopic (exact) mass is 288 g/mol. The Morgan fingerprint density at radius 2 is 2.19 bits per heavy atom. The van der Waals surface area contributed by atoms with E-state index >= 15 is 0 Å². The molecule has 110 valence electrons. The lowest BCUT2D eigenvalue weighted by Gasteiger charge is -2.25. The number of aliphatic hydroxyl groups is 1. The van der Waals surface area contributed by atoms with Crippen LogP contribution >= 0.6 is 0 Å². The van der Waals surface area contributed by atoms with Crippen molar-refractivity contribution in [2.24, 2.45) is 0 Å². The van der Waals surface area contributed by atoms with Gasteiger partial charge in [0, 0.05) is 6.07 Å². The summed E-state index contributed by atoms with van der Waals surface area (Å²) >= 11 is 0. The summed E-state index contributed by atoms with van der Waals surface area (Å²) in [5.41, 5.74) is 2.04. The number of hydrogen-bond acceptors (Lipinski definition) is 5. The van der Waals surface area contributed by atoms with Crippen molar-refractivity contribution in [3.63, 3.8) is 0 Å². The molecular weight excluding hydrogens is 272 g/mol. The van der Waals surface area contributed by atoms with E-state index in [1.165, 1.54) is 17.9 Å². The first-order valence-electron chi connectivity index (χ1n) is 6.82. The van der Waals surface area contributed by atoms with Crippen LogP contribution in [0.4, 0.5) is 0 Å². The van der Waals surface area contributed by atoms with E-state index in [1.807, 2.05) is 18.2 Å². The molecule has 1 atom stereocenters. The van der Waals surface area contributed by atoms with E-state index in [-0.39, 0.29) is 36.3 Å². The van der Waals surface area contributed by atoms with Gasteiger partial charge in [0.25, 0.3) is 0 Å². The lowest BCUT2D eigenvalue weighted by molar-refractivity contribution is 0.00942. The van der Waals surface area contributed by atoms with E-state index in [0.717, 1.165) is 12.0 Å². The maximum absolute atomic E-state index is 11.8. The summed E-state index contributed by atoms with van der Waals surface area (Å²) in [4.78, 5) is 11.8. The highest BCUT2D eigenvalue weighted by molar-refractivity contribution is 5.31. The summed E-state index contributed by atoms with van der Waals surface area (Å²) in [6.45, 7) is 0.581. The minimum absolute atomic E-state index is 0.124. The third-order valence-electron chi connectivity index (χ3n) is 3.49. The quantitative estimate of drug-likeness (QED) is 0.929. The number of aliphatic hydroxyl groups excluding tert-OH is 1. The highest BCUT2D eigenvalue weighted by Crippen LogP contribution is 2.27. The topological polar surface area (TPSA) is 68.9 Å². The summed E-state index contributed by atoms with van der Waals surface area (Å²) in [6.07, 6.45) is 1.93. The van der Waals surface area contributed by atoms with Crippen LogP contribution in [0.3, 0.4) is 0 Å². The zero-order valence-corrected chi connectivity index (χ0v) is 11.5. The van der Waals surface area contributed by atoms with Gasteiger partial charge in [-0.3, -0.25) is 4.79 Å². The van der Waals surface area contributed by atoms with Gasteiger partial charge in [-0.25, -0.2) is 0 Å². The summed E-state index contributed by atoms with van der Waals surface area (Å²) in [7, 11) is 0. The fourth-order valence-electron chi connectivity index (χ4n) is 2.41. The zero-order valence-electron chi connectivity index (χ0n) is 11.5. The SMILES string of the molecule is O=c1cc(CO)occ1OCC1OCCc2ccccc21. The summed E-state index contributed by atoms with van der Waals surface area (Å²) in [5.74, 6) is 0.338. The molecular formula is C16H16O5. The Hall–Kier alpha value is -2.11. The van der Waals surface area contributed by atoms with Crippen molar-refractivity contribution in [1.29, 1.82) is 0 Å². The smallest absolute Gasteiger partial charge is 0.227 e. The van der Waals surface area contributed by atoms with Crippen molar-refractivity contribution >= 4 is 0 Å². The van der Waals surface area contributed by atoms with Crippen molar-refractivity contribution < 1.29 is 19.0 Å². The number of rotatable bonds is 4. The van der Waals surface area contributed by atoms with Crippen LogP contribution in [0.25, 0.3) is 0 Å². The molecule has 0 aliphatic carbocycles. The van der Waals surface area contributed by atoms with E-state index in [4.69, 9.17) is 19.0 Å². The molecule has 0 fully saturated rings. The Kier molecular flexibility index (Phi) is 4.03. The van der Waals surface area contributed by atoms with E-state index < -0.39 is 0 Å². The van der Waals surface area contributed by atoms with E-state index in [2.05, 4.69) is 6.07 Å². The highest BCUT2D eigenvalue weighted by Gasteiger charge is 2.21. The predicted molar refractivity (Wildman–Crippen MR) is 75.2 cm³/mol. The molecule has 0 radical (unpaired) electrons. The third-order valence-corrected chi connectivity index (χ3v) is 3.49. The van der Waals surface area contributed by atoms with Crippen LogP contribution in [0.2, 0.25) is 0 Å². The average Bonchev–Trinajstić information content (AvgIpc) is 2.53. The van der Waals surface area contributed by atoms with Crippen LogP contribution in [-0.2, 0) is 17.8 Å². The Balaban J connectivity index is 1.73. The van der Waals surface area contributed by atoms with Gasteiger partial charge in [-0.05, 0) is 17.5 Å². The van der Waals surface area contributed by atoms with Gasteiger partial charge in [0.2, 0.25) is 11.2 Å². The Morgan fingerprint density at radius 3 is 3.00 bits per heavy atom. The lowest BCUT2D eigenvalue weighted by atomic mass is 9.98. The van der Waals surface area contributed by atoms with Crippen LogP contribution in [0.5, 0.6) is 5.75 Å². The maximum atomic E-state index is 11.8. The number of hydrogen-bond donors (Lipinski definition) is 1. The van der Waals surface area contributed by atoms with Crippen LogP contribution in [0, 0.1) is 0 Å². The molecule has 1 N–H and O–H groups in total. The molecule has 0 bridgehead atoms. The Labute approximate surface area is 121 Å². The van der Waals surface area contributed by atoms with Crippen molar-refractivity contribution in [2.45, 2.75) is 19.1 Å². The predicted octanol–water partition coefficient (Wildman–Crippen LogP) is 1.82. The second-order valence-corrected chi connectivity index (χ2v) is 4.85. The van der Waals surface area contributed by atoms with Gasteiger partial charge >= 0.3 is 0 Å². The molecule has 1 aromatic heterocycles. The first-order chi connectivity index (χ1) is 10.3. The molecule has 0 saturated carbocycles. The zero-order chi connectivity index (χ0) is 14.7. The number of benzene rings is 1. The van der Waals surface area contributed by atoms with E-state index in [9.17, 15) is 4.79 Å². The van der Waals surface area contributed by atoms with Crippen LogP contribution in [0.1, 0.15) is 23.0 Å². The molecule has 3 rings (SSSR count). The number of fused-ring (bicyclic) bond motifs is 1. The molecule has 1 aliphatic rings. The first-order valence-corrected chi connectivity index (χ1v) is 6.82. The van der Waals surface area contributed by atoms with Crippen LogP contribution < -0.4 is 10.2 Å². The fraction of sp³-hybridized carbons (Fsp3) is 0.312. The van der Waals surface area contributed by atoms with Gasteiger partial charge in [-0.1, -0.05) is 24.3 Å².